The zero-order chi connectivity index (χ0) is 11.0. The van der Waals surface area contributed by atoms with Crippen LogP contribution in [0.5, 0.6) is 0 Å². The molecule has 0 saturated heterocycles. The van der Waals surface area contributed by atoms with Crippen molar-refractivity contribution in [3.8, 4) is 0 Å². The Kier molecular flexibility index (Phi) is 2.13. The lowest BCUT2D eigenvalue weighted by Crippen LogP contribution is -2.22. The van der Waals surface area contributed by atoms with E-state index in [1.807, 2.05) is 6.07 Å². The fraction of sp³-hybridized carbons (Fsp3) is 0.214. The SMILES string of the molecule is CC1=CN2CC(c3ccccc3)N=C2C=C1. The molecule has 16 heavy (non-hydrogen) atoms. The summed E-state index contributed by atoms with van der Waals surface area (Å²) >= 11 is 0. The van der Waals surface area contributed by atoms with E-state index in [-0.39, 0.29) is 6.04 Å². The van der Waals surface area contributed by atoms with Gasteiger partial charge in [-0.2, -0.15) is 0 Å². The summed E-state index contributed by atoms with van der Waals surface area (Å²) in [5.41, 5.74) is 2.58. The Morgan fingerprint density at radius 1 is 1.19 bits per heavy atom. The monoisotopic (exact) mass is 210 g/mol. The van der Waals surface area contributed by atoms with E-state index < -0.39 is 0 Å². The van der Waals surface area contributed by atoms with Crippen LogP contribution in [0.25, 0.3) is 0 Å². The molecule has 0 fully saturated rings. The summed E-state index contributed by atoms with van der Waals surface area (Å²) in [5, 5.41) is 0. The molecule has 0 saturated carbocycles. The summed E-state index contributed by atoms with van der Waals surface area (Å²) in [6.45, 7) is 3.07. The zero-order valence-corrected chi connectivity index (χ0v) is 9.30. The lowest BCUT2D eigenvalue weighted by Gasteiger charge is -2.18. The Bertz CT molecular complexity index is 483. The van der Waals surface area contributed by atoms with Crippen LogP contribution in [0.2, 0.25) is 0 Å². The van der Waals surface area contributed by atoms with E-state index in [1.54, 1.807) is 0 Å². The first-order chi connectivity index (χ1) is 7.83. The molecule has 0 aliphatic carbocycles. The number of benzene rings is 1. The van der Waals surface area contributed by atoms with E-state index in [4.69, 9.17) is 4.99 Å². The average Bonchev–Trinajstić information content (AvgIpc) is 2.73. The standard InChI is InChI=1S/C14H14N2/c1-11-7-8-14-15-13(10-16(14)9-11)12-5-3-2-4-6-12/h2-9,13H,10H2,1H3. The number of nitrogens with zero attached hydrogens (tertiary/aromatic N) is 2. The second-order valence-corrected chi connectivity index (χ2v) is 4.27. The van der Waals surface area contributed by atoms with Crippen molar-refractivity contribution in [3.63, 3.8) is 0 Å². The number of allylic oxidation sites excluding steroid dienone is 2. The van der Waals surface area contributed by atoms with Gasteiger partial charge in [0.05, 0.1) is 12.6 Å². The topological polar surface area (TPSA) is 15.6 Å². The third-order valence-electron chi connectivity index (χ3n) is 2.99. The van der Waals surface area contributed by atoms with Gasteiger partial charge in [-0.05, 0) is 24.1 Å². The van der Waals surface area contributed by atoms with Crippen LogP contribution >= 0.6 is 0 Å². The van der Waals surface area contributed by atoms with Gasteiger partial charge in [0, 0.05) is 6.20 Å². The molecule has 80 valence electrons. The van der Waals surface area contributed by atoms with Gasteiger partial charge < -0.3 is 4.90 Å². The molecule has 0 bridgehead atoms. The maximum absolute atomic E-state index is 4.73. The third kappa shape index (κ3) is 1.56. The molecule has 0 aromatic heterocycles. The van der Waals surface area contributed by atoms with Gasteiger partial charge in [-0.1, -0.05) is 36.4 Å². The van der Waals surface area contributed by atoms with E-state index in [0.29, 0.717) is 0 Å². The predicted molar refractivity (Wildman–Crippen MR) is 66.2 cm³/mol. The largest absolute Gasteiger partial charge is 0.331 e. The molecule has 1 atom stereocenters. The van der Waals surface area contributed by atoms with Crippen LogP contribution in [-0.2, 0) is 0 Å². The molecule has 2 nitrogen and oxygen atoms in total. The van der Waals surface area contributed by atoms with Crippen LogP contribution in [0.15, 0.2) is 59.2 Å². The van der Waals surface area contributed by atoms with Crippen LogP contribution in [0.1, 0.15) is 18.5 Å². The summed E-state index contributed by atoms with van der Waals surface area (Å²) in [7, 11) is 0. The quantitative estimate of drug-likeness (QED) is 0.696. The second kappa shape index (κ2) is 3.63. The number of rotatable bonds is 1. The molecule has 2 aliphatic heterocycles. The molecular formula is C14H14N2. The summed E-state index contributed by atoms with van der Waals surface area (Å²) in [6.07, 6.45) is 6.38. The minimum atomic E-state index is 0.281. The Balaban J connectivity index is 1.89. The summed E-state index contributed by atoms with van der Waals surface area (Å²) in [4.78, 5) is 6.96. The molecule has 0 radical (unpaired) electrons. The Labute approximate surface area is 95.6 Å². The van der Waals surface area contributed by atoms with Crippen molar-refractivity contribution in [2.45, 2.75) is 13.0 Å². The predicted octanol–water partition coefficient (Wildman–Crippen LogP) is 2.92. The molecule has 0 N–H and O–H groups in total. The number of hydrogen-bond acceptors (Lipinski definition) is 2. The molecular weight excluding hydrogens is 196 g/mol. The van der Waals surface area contributed by atoms with E-state index in [9.17, 15) is 0 Å². The molecule has 0 spiro atoms. The summed E-state index contributed by atoms with van der Waals surface area (Å²) < 4.78 is 0. The minimum absolute atomic E-state index is 0.281. The van der Waals surface area contributed by atoms with Crippen LogP contribution in [0.3, 0.4) is 0 Å². The van der Waals surface area contributed by atoms with Crippen molar-refractivity contribution in [1.82, 2.24) is 4.90 Å². The smallest absolute Gasteiger partial charge is 0.128 e. The lowest BCUT2D eigenvalue weighted by atomic mass is 10.1. The van der Waals surface area contributed by atoms with Gasteiger partial charge in [0.1, 0.15) is 5.84 Å². The maximum atomic E-state index is 4.73. The second-order valence-electron chi connectivity index (χ2n) is 4.27. The maximum Gasteiger partial charge on any atom is 0.128 e. The lowest BCUT2D eigenvalue weighted by molar-refractivity contribution is 0.547. The van der Waals surface area contributed by atoms with Gasteiger partial charge in [0.15, 0.2) is 0 Å². The van der Waals surface area contributed by atoms with Crippen molar-refractivity contribution in [2.75, 3.05) is 6.54 Å². The fourth-order valence-electron chi connectivity index (χ4n) is 2.16. The molecule has 2 heteroatoms. The highest BCUT2D eigenvalue weighted by Crippen LogP contribution is 2.27. The van der Waals surface area contributed by atoms with Gasteiger partial charge in [-0.15, -0.1) is 0 Å². The first-order valence-electron chi connectivity index (χ1n) is 5.59. The van der Waals surface area contributed by atoms with Gasteiger partial charge in [-0.3, -0.25) is 4.99 Å². The minimum Gasteiger partial charge on any atom is -0.331 e. The van der Waals surface area contributed by atoms with Crippen molar-refractivity contribution in [1.29, 1.82) is 0 Å². The molecule has 0 amide bonds. The highest BCUT2D eigenvalue weighted by atomic mass is 15.2. The number of amidine groups is 1. The summed E-state index contributed by atoms with van der Waals surface area (Å²) in [6, 6.07) is 10.8. The van der Waals surface area contributed by atoms with Gasteiger partial charge in [-0.25, -0.2) is 0 Å². The third-order valence-corrected chi connectivity index (χ3v) is 2.99. The number of hydrogen-bond donors (Lipinski definition) is 0. The summed E-state index contributed by atoms with van der Waals surface area (Å²) in [5.74, 6) is 1.08. The van der Waals surface area contributed by atoms with Crippen LogP contribution in [-0.4, -0.2) is 17.3 Å². The Morgan fingerprint density at radius 3 is 2.81 bits per heavy atom. The van der Waals surface area contributed by atoms with Crippen LogP contribution < -0.4 is 0 Å². The first-order valence-corrected chi connectivity index (χ1v) is 5.59. The molecule has 3 rings (SSSR count). The molecule has 1 aromatic carbocycles. The van der Waals surface area contributed by atoms with E-state index >= 15 is 0 Å². The number of fused-ring (bicyclic) bond motifs is 1. The molecule has 2 aliphatic rings. The first kappa shape index (κ1) is 9.40. The van der Waals surface area contributed by atoms with Crippen molar-refractivity contribution >= 4 is 5.84 Å². The van der Waals surface area contributed by atoms with Crippen LogP contribution in [0.4, 0.5) is 0 Å². The average molecular weight is 210 g/mol. The molecule has 2 heterocycles. The molecule has 1 aromatic rings. The van der Waals surface area contributed by atoms with Gasteiger partial charge in [0.2, 0.25) is 0 Å². The Hall–Kier alpha value is -1.83. The Morgan fingerprint density at radius 2 is 2.00 bits per heavy atom. The van der Waals surface area contributed by atoms with E-state index in [2.05, 4.69) is 54.4 Å². The highest BCUT2D eigenvalue weighted by Gasteiger charge is 2.24. The van der Waals surface area contributed by atoms with Crippen molar-refractivity contribution in [2.24, 2.45) is 4.99 Å². The number of aliphatic imine (C=N–C) groups is 1. The van der Waals surface area contributed by atoms with E-state index in [0.717, 1.165) is 12.4 Å². The highest BCUT2D eigenvalue weighted by molar-refractivity contribution is 5.96. The fourth-order valence-corrected chi connectivity index (χ4v) is 2.16. The zero-order valence-electron chi connectivity index (χ0n) is 9.30. The normalized spacial score (nSPS) is 22.8. The van der Waals surface area contributed by atoms with E-state index in [1.165, 1.54) is 11.1 Å². The van der Waals surface area contributed by atoms with Crippen molar-refractivity contribution < 1.29 is 0 Å². The van der Waals surface area contributed by atoms with Crippen LogP contribution in [0, 0.1) is 0 Å². The van der Waals surface area contributed by atoms with Gasteiger partial charge >= 0.3 is 0 Å². The molecule has 1 unspecified atom stereocenters. The van der Waals surface area contributed by atoms with Gasteiger partial charge in [0.25, 0.3) is 0 Å². The van der Waals surface area contributed by atoms with Crippen molar-refractivity contribution in [3.05, 3.63) is 59.8 Å².